The molecule has 2 N–H and O–H groups in total. The number of thioether (sulfide) groups is 1. The van der Waals surface area contributed by atoms with E-state index in [1.54, 1.807) is 24.3 Å². The molecule has 2 rings (SSSR count). The molecule has 24 heavy (non-hydrogen) atoms. The maximum atomic E-state index is 11.8. The monoisotopic (exact) mass is 342 g/mol. The van der Waals surface area contributed by atoms with Crippen molar-refractivity contribution >= 4 is 40.6 Å². The minimum atomic E-state index is -0.903. The van der Waals surface area contributed by atoms with Crippen LogP contribution >= 0.6 is 11.8 Å². The second-order valence-corrected chi connectivity index (χ2v) is 5.29. The number of carbonyl (C=O) groups excluding carboxylic acids is 2. The van der Waals surface area contributed by atoms with E-state index in [4.69, 9.17) is 5.26 Å². The molecule has 9 heteroatoms. The maximum Gasteiger partial charge on any atom is 0.314 e. The lowest BCUT2D eigenvalue weighted by Gasteiger charge is -2.06. The number of nitro benzene ring substituents is 1. The average Bonchev–Trinajstić information content (AvgIpc) is 2.57. The standard InChI is InChI=1S/C15H10N4O4S/c16-9-24-13-7-3-11(4-8-13)18-15(21)14(20)17-10-1-5-12(6-2-10)19(22)23/h1-8H,(H,17,20)(H,18,21). The van der Waals surface area contributed by atoms with Crippen LogP contribution in [0.4, 0.5) is 17.1 Å². The first kappa shape index (κ1) is 17.0. The summed E-state index contributed by atoms with van der Waals surface area (Å²) in [5.74, 6) is -1.78. The van der Waals surface area contributed by atoms with Gasteiger partial charge in [0.1, 0.15) is 5.40 Å². The average molecular weight is 342 g/mol. The lowest BCUT2D eigenvalue weighted by atomic mass is 10.3. The van der Waals surface area contributed by atoms with Crippen molar-refractivity contribution in [1.29, 1.82) is 5.26 Å². The van der Waals surface area contributed by atoms with Crippen molar-refractivity contribution in [3.05, 3.63) is 58.6 Å². The van der Waals surface area contributed by atoms with Crippen LogP contribution in [-0.4, -0.2) is 16.7 Å². The molecular formula is C15H10N4O4S. The Balaban J connectivity index is 1.95. The molecule has 0 saturated carbocycles. The van der Waals surface area contributed by atoms with Gasteiger partial charge in [0, 0.05) is 28.4 Å². The third-order valence-electron chi connectivity index (χ3n) is 2.82. The van der Waals surface area contributed by atoms with Crippen LogP contribution in [0.2, 0.25) is 0 Å². The Morgan fingerprint density at radius 1 is 0.958 bits per heavy atom. The Labute approximate surface area is 140 Å². The van der Waals surface area contributed by atoms with E-state index in [1.807, 2.05) is 5.40 Å². The highest BCUT2D eigenvalue weighted by atomic mass is 32.2. The lowest BCUT2D eigenvalue weighted by molar-refractivity contribution is -0.384. The molecule has 0 fully saturated rings. The summed E-state index contributed by atoms with van der Waals surface area (Å²) in [7, 11) is 0. The van der Waals surface area contributed by atoms with Gasteiger partial charge in [0.05, 0.1) is 4.92 Å². The first-order valence-corrected chi connectivity index (χ1v) is 7.34. The minimum absolute atomic E-state index is 0.118. The number of nitro groups is 1. The van der Waals surface area contributed by atoms with Gasteiger partial charge in [-0.3, -0.25) is 19.7 Å². The zero-order valence-corrected chi connectivity index (χ0v) is 12.9. The van der Waals surface area contributed by atoms with E-state index in [9.17, 15) is 19.7 Å². The highest BCUT2D eigenvalue weighted by Gasteiger charge is 2.14. The van der Waals surface area contributed by atoms with Crippen LogP contribution in [0.1, 0.15) is 0 Å². The molecule has 0 radical (unpaired) electrons. The smallest absolute Gasteiger partial charge is 0.314 e. The van der Waals surface area contributed by atoms with Crippen LogP contribution in [-0.2, 0) is 9.59 Å². The molecule has 0 aliphatic carbocycles. The number of thiocyanates is 1. The quantitative estimate of drug-likeness (QED) is 0.289. The number of nitriles is 1. The molecule has 0 aromatic heterocycles. The fraction of sp³-hybridized carbons (Fsp3) is 0. The molecule has 0 aliphatic rings. The largest absolute Gasteiger partial charge is 0.318 e. The molecule has 0 heterocycles. The summed E-state index contributed by atoms with van der Waals surface area (Å²) in [6.07, 6.45) is 0. The van der Waals surface area contributed by atoms with Crippen LogP contribution in [0.5, 0.6) is 0 Å². The topological polar surface area (TPSA) is 125 Å². The second kappa shape index (κ2) is 7.75. The summed E-state index contributed by atoms with van der Waals surface area (Å²) in [5, 5.41) is 25.8. The van der Waals surface area contributed by atoms with Gasteiger partial charge < -0.3 is 10.6 Å². The number of nitrogens with zero attached hydrogens (tertiary/aromatic N) is 2. The fourth-order valence-corrected chi connectivity index (χ4v) is 2.08. The number of anilines is 2. The summed E-state index contributed by atoms with van der Waals surface area (Å²) in [6, 6.07) is 11.5. The number of rotatable bonds is 4. The molecular weight excluding hydrogens is 332 g/mol. The van der Waals surface area contributed by atoms with Crippen LogP contribution in [0.25, 0.3) is 0 Å². The summed E-state index contributed by atoms with van der Waals surface area (Å²) < 4.78 is 0. The van der Waals surface area contributed by atoms with Crippen molar-refractivity contribution in [3.63, 3.8) is 0 Å². The first-order chi connectivity index (χ1) is 11.5. The van der Waals surface area contributed by atoms with Crippen LogP contribution in [0, 0.1) is 20.8 Å². The number of amides is 2. The van der Waals surface area contributed by atoms with Crippen molar-refractivity contribution in [1.82, 2.24) is 0 Å². The van der Waals surface area contributed by atoms with E-state index in [-0.39, 0.29) is 11.4 Å². The number of carbonyl (C=O) groups is 2. The predicted molar refractivity (Wildman–Crippen MR) is 88.3 cm³/mol. The van der Waals surface area contributed by atoms with Gasteiger partial charge >= 0.3 is 11.8 Å². The molecule has 0 spiro atoms. The van der Waals surface area contributed by atoms with Gasteiger partial charge in [0.25, 0.3) is 5.69 Å². The van der Waals surface area contributed by atoms with E-state index in [0.717, 1.165) is 11.8 Å². The molecule has 2 aromatic rings. The lowest BCUT2D eigenvalue weighted by Crippen LogP contribution is -2.29. The maximum absolute atomic E-state index is 11.8. The number of non-ortho nitro benzene ring substituents is 1. The summed E-state index contributed by atoms with van der Waals surface area (Å²) >= 11 is 0.980. The highest BCUT2D eigenvalue weighted by molar-refractivity contribution is 8.03. The van der Waals surface area contributed by atoms with Crippen LogP contribution < -0.4 is 10.6 Å². The normalized spacial score (nSPS) is 9.62. The second-order valence-electron chi connectivity index (χ2n) is 4.43. The molecule has 0 saturated heterocycles. The van der Waals surface area contributed by atoms with E-state index >= 15 is 0 Å². The zero-order valence-electron chi connectivity index (χ0n) is 12.1. The molecule has 120 valence electrons. The summed E-state index contributed by atoms with van der Waals surface area (Å²) in [5.41, 5.74) is 0.551. The van der Waals surface area contributed by atoms with Gasteiger partial charge in [-0.05, 0) is 48.2 Å². The Morgan fingerprint density at radius 2 is 1.42 bits per heavy atom. The molecule has 2 amide bonds. The third-order valence-corrected chi connectivity index (χ3v) is 3.42. The number of hydrogen-bond acceptors (Lipinski definition) is 6. The number of hydrogen-bond donors (Lipinski definition) is 2. The molecule has 0 unspecified atom stereocenters. The van der Waals surface area contributed by atoms with Gasteiger partial charge in [-0.2, -0.15) is 5.26 Å². The van der Waals surface area contributed by atoms with Gasteiger partial charge in [-0.25, -0.2) is 0 Å². The Bertz CT molecular complexity index is 813. The Morgan fingerprint density at radius 3 is 1.83 bits per heavy atom. The number of benzene rings is 2. The molecule has 2 aromatic carbocycles. The van der Waals surface area contributed by atoms with Crippen LogP contribution in [0.15, 0.2) is 53.4 Å². The van der Waals surface area contributed by atoms with Crippen molar-refractivity contribution in [2.45, 2.75) is 4.90 Å². The van der Waals surface area contributed by atoms with Gasteiger partial charge in [-0.15, -0.1) is 0 Å². The van der Waals surface area contributed by atoms with Gasteiger partial charge in [0.15, 0.2) is 0 Å². The van der Waals surface area contributed by atoms with Crippen molar-refractivity contribution in [2.75, 3.05) is 10.6 Å². The van der Waals surface area contributed by atoms with Crippen molar-refractivity contribution < 1.29 is 14.5 Å². The van der Waals surface area contributed by atoms with Crippen molar-refractivity contribution in [3.8, 4) is 5.40 Å². The van der Waals surface area contributed by atoms with E-state index in [2.05, 4.69) is 10.6 Å². The fourth-order valence-electron chi connectivity index (χ4n) is 1.70. The van der Waals surface area contributed by atoms with E-state index in [0.29, 0.717) is 10.6 Å². The minimum Gasteiger partial charge on any atom is -0.318 e. The highest BCUT2D eigenvalue weighted by Crippen LogP contribution is 2.19. The summed E-state index contributed by atoms with van der Waals surface area (Å²) in [4.78, 5) is 34.3. The third kappa shape index (κ3) is 4.56. The number of nitrogens with one attached hydrogen (secondary N) is 2. The molecule has 0 aliphatic heterocycles. The van der Waals surface area contributed by atoms with Crippen LogP contribution in [0.3, 0.4) is 0 Å². The molecule has 0 atom stereocenters. The Kier molecular flexibility index (Phi) is 5.49. The summed E-state index contributed by atoms with van der Waals surface area (Å²) in [6.45, 7) is 0. The first-order valence-electron chi connectivity index (χ1n) is 6.52. The van der Waals surface area contributed by atoms with E-state index < -0.39 is 16.7 Å². The van der Waals surface area contributed by atoms with Gasteiger partial charge in [0.2, 0.25) is 0 Å². The SMILES string of the molecule is N#CSc1ccc(NC(=O)C(=O)Nc2ccc([N+](=O)[O-])cc2)cc1. The van der Waals surface area contributed by atoms with Gasteiger partial charge in [-0.1, -0.05) is 0 Å². The molecule has 0 bridgehead atoms. The van der Waals surface area contributed by atoms with E-state index in [1.165, 1.54) is 24.3 Å². The van der Waals surface area contributed by atoms with Crippen molar-refractivity contribution in [2.24, 2.45) is 0 Å². The molecule has 8 nitrogen and oxygen atoms in total. The Hall–Kier alpha value is -3.38. The predicted octanol–water partition coefficient (Wildman–Crippen LogP) is 2.75. The zero-order chi connectivity index (χ0) is 17.5.